The Morgan fingerprint density at radius 1 is 1.11 bits per heavy atom. The molecule has 0 radical (unpaired) electrons. The highest BCUT2D eigenvalue weighted by atomic mass is 31.0. The number of aliphatic hydroxyl groups is 3. The molecule has 5 N–H and O–H groups in total. The zero-order valence-electron chi connectivity index (χ0n) is 21.1. The Morgan fingerprint density at radius 2 is 1.69 bits per heavy atom. The molecule has 1 aliphatic rings. The number of hydrogen-bond acceptors (Lipinski definition) is 7. The third-order valence-corrected chi connectivity index (χ3v) is 5.72. The fraction of sp³-hybridized carbons (Fsp3) is 0.480. The molecule has 0 heterocycles. The lowest BCUT2D eigenvalue weighted by molar-refractivity contribution is -0.0980. The molecule has 1 aliphatic carbocycles. The Morgan fingerprint density at radius 3 is 2.14 bits per heavy atom. The molecule has 7 nitrogen and oxygen atoms in total. The summed E-state index contributed by atoms with van der Waals surface area (Å²) < 4.78 is 34.9. The predicted molar refractivity (Wildman–Crippen MR) is 141 cm³/mol. The van der Waals surface area contributed by atoms with Crippen molar-refractivity contribution in [3.63, 3.8) is 0 Å². The van der Waals surface area contributed by atoms with E-state index < -0.39 is 11.6 Å². The first-order valence-corrected chi connectivity index (χ1v) is 11.8. The van der Waals surface area contributed by atoms with E-state index in [1.807, 2.05) is 20.6 Å². The molecular weight excluding hydrogens is 477 g/mol. The van der Waals surface area contributed by atoms with Crippen LogP contribution in [0.2, 0.25) is 0 Å². The SMILES string of the molecule is C=O.CC.CO.COc1cc(P)c(F)c(Nc2ccc(C)cc2F)c1NC1(CC(CO)CO)CC1. The monoisotopic (exact) mass is 516 g/mol. The first-order chi connectivity index (χ1) is 16.8. The van der Waals surface area contributed by atoms with Crippen LogP contribution in [-0.2, 0) is 4.79 Å². The molecule has 198 valence electrons. The Kier molecular flexibility index (Phi) is 15.3. The molecule has 0 aromatic heterocycles. The van der Waals surface area contributed by atoms with Crippen LogP contribution in [0.4, 0.5) is 25.8 Å². The lowest BCUT2D eigenvalue weighted by Gasteiger charge is -2.26. The Balaban J connectivity index is 0.00000179. The van der Waals surface area contributed by atoms with Gasteiger partial charge in [0.1, 0.15) is 29.7 Å². The zero-order valence-corrected chi connectivity index (χ0v) is 22.3. The number of benzene rings is 2. The van der Waals surface area contributed by atoms with E-state index in [4.69, 9.17) is 14.6 Å². The smallest absolute Gasteiger partial charge is 0.156 e. The molecule has 35 heavy (non-hydrogen) atoms. The van der Waals surface area contributed by atoms with Gasteiger partial charge in [0.05, 0.1) is 12.8 Å². The molecule has 2 aromatic rings. The molecule has 1 saturated carbocycles. The zero-order chi connectivity index (χ0) is 27.2. The quantitative estimate of drug-likeness (QED) is 0.322. The van der Waals surface area contributed by atoms with Gasteiger partial charge in [-0.15, -0.1) is 9.24 Å². The number of carbonyl (C=O) groups excluding carboxylic acids is 1. The minimum Gasteiger partial charge on any atom is -0.494 e. The number of nitrogens with one attached hydrogen (secondary N) is 2. The van der Waals surface area contributed by atoms with Crippen molar-refractivity contribution in [2.24, 2.45) is 5.92 Å². The number of carbonyl (C=O) groups is 1. The van der Waals surface area contributed by atoms with Crippen LogP contribution in [-0.4, -0.2) is 55.1 Å². The van der Waals surface area contributed by atoms with E-state index in [0.717, 1.165) is 25.5 Å². The standard InChI is InChI=1S/C21H27F2N2O3P.C2H6.CH4O.CH2O/c1-12-3-4-15(14(22)7-12)24-20-18(23)17(29)8-16(28-2)19(20)25-21(5-6-21)9-13(10-26)11-27;3*1-2/h3-4,7-8,13,24-27H,5-6,9-11,29H2,1-2H3;1-2H3;2H,1H3;1H2. The predicted octanol–water partition coefficient (Wildman–Crippen LogP) is 3.91. The van der Waals surface area contributed by atoms with Gasteiger partial charge in [-0.3, -0.25) is 0 Å². The Labute approximate surface area is 209 Å². The van der Waals surface area contributed by atoms with Crippen LogP contribution in [0.25, 0.3) is 0 Å². The highest BCUT2D eigenvalue weighted by Crippen LogP contribution is 2.48. The van der Waals surface area contributed by atoms with Crippen molar-refractivity contribution in [2.45, 2.75) is 45.6 Å². The van der Waals surface area contributed by atoms with Crippen molar-refractivity contribution in [3.8, 4) is 5.75 Å². The summed E-state index contributed by atoms with van der Waals surface area (Å²) in [6, 6.07) is 6.25. The number of aryl methyl sites for hydroxylation is 1. The van der Waals surface area contributed by atoms with E-state index in [1.54, 1.807) is 25.1 Å². The molecule has 1 unspecified atom stereocenters. The van der Waals surface area contributed by atoms with Crippen LogP contribution in [0.5, 0.6) is 5.75 Å². The second-order valence-electron chi connectivity index (χ2n) is 7.68. The number of ether oxygens (including phenoxy) is 1. The molecule has 2 aromatic carbocycles. The van der Waals surface area contributed by atoms with Crippen molar-refractivity contribution >= 4 is 38.4 Å². The highest BCUT2D eigenvalue weighted by Gasteiger charge is 2.45. The van der Waals surface area contributed by atoms with Gasteiger partial charge in [-0.05, 0) is 49.9 Å². The maximum atomic E-state index is 15.1. The summed E-state index contributed by atoms with van der Waals surface area (Å²) in [5.41, 5.74) is 1.03. The minimum absolute atomic E-state index is 0.0907. The van der Waals surface area contributed by atoms with Crippen molar-refractivity contribution in [1.29, 1.82) is 0 Å². The Bertz CT molecular complexity index is 910. The molecule has 0 amide bonds. The van der Waals surface area contributed by atoms with E-state index >= 15 is 4.39 Å². The molecular formula is C25H39F2N2O5P. The Hall–Kier alpha value is -2.32. The third-order valence-electron chi connectivity index (χ3n) is 5.30. The fourth-order valence-electron chi connectivity index (χ4n) is 3.45. The van der Waals surface area contributed by atoms with Gasteiger partial charge in [-0.25, -0.2) is 8.78 Å². The van der Waals surface area contributed by atoms with E-state index in [0.29, 0.717) is 17.9 Å². The number of halogens is 2. The summed E-state index contributed by atoms with van der Waals surface area (Å²) in [5.74, 6) is -0.866. The van der Waals surface area contributed by atoms with Crippen molar-refractivity contribution in [2.75, 3.05) is 38.1 Å². The molecule has 0 aliphatic heterocycles. The number of anilines is 3. The minimum atomic E-state index is -0.532. The van der Waals surface area contributed by atoms with E-state index in [2.05, 4.69) is 19.9 Å². The molecule has 10 heteroatoms. The van der Waals surface area contributed by atoms with Crippen LogP contribution in [0.15, 0.2) is 24.3 Å². The summed E-state index contributed by atoms with van der Waals surface area (Å²) in [6.45, 7) is 7.52. The fourth-order valence-corrected chi connectivity index (χ4v) is 3.74. The largest absolute Gasteiger partial charge is 0.494 e. The van der Waals surface area contributed by atoms with Gasteiger partial charge in [0.25, 0.3) is 0 Å². The van der Waals surface area contributed by atoms with Gasteiger partial charge >= 0.3 is 0 Å². The normalized spacial score (nSPS) is 12.7. The maximum absolute atomic E-state index is 15.1. The molecule has 0 bridgehead atoms. The topological polar surface area (TPSA) is 111 Å². The molecule has 1 fully saturated rings. The van der Waals surface area contributed by atoms with Crippen LogP contribution in [0.1, 0.15) is 38.7 Å². The van der Waals surface area contributed by atoms with Crippen LogP contribution in [0.3, 0.4) is 0 Å². The lowest BCUT2D eigenvalue weighted by atomic mass is 9.99. The van der Waals surface area contributed by atoms with Crippen molar-refractivity contribution in [1.82, 2.24) is 0 Å². The molecule has 3 rings (SSSR count). The summed E-state index contributed by atoms with van der Waals surface area (Å²) in [5, 5.41) is 32.4. The molecule has 0 spiro atoms. The van der Waals surface area contributed by atoms with Crippen LogP contribution < -0.4 is 20.7 Å². The van der Waals surface area contributed by atoms with Gasteiger partial charge in [0.15, 0.2) is 5.82 Å². The van der Waals surface area contributed by atoms with Crippen LogP contribution in [0, 0.1) is 24.5 Å². The third kappa shape index (κ3) is 9.00. The van der Waals surface area contributed by atoms with Gasteiger partial charge in [0.2, 0.25) is 0 Å². The van der Waals surface area contributed by atoms with Crippen molar-refractivity contribution < 1.29 is 33.6 Å². The highest BCUT2D eigenvalue weighted by molar-refractivity contribution is 7.27. The van der Waals surface area contributed by atoms with E-state index in [-0.39, 0.29) is 41.3 Å². The van der Waals surface area contributed by atoms with Gasteiger partial charge < -0.3 is 35.5 Å². The summed E-state index contributed by atoms with van der Waals surface area (Å²) in [7, 11) is 4.81. The first kappa shape index (κ1) is 32.7. The van der Waals surface area contributed by atoms with E-state index in [1.165, 1.54) is 13.2 Å². The lowest BCUT2D eigenvalue weighted by Crippen LogP contribution is -2.29. The van der Waals surface area contributed by atoms with Gasteiger partial charge in [-0.1, -0.05) is 19.9 Å². The average Bonchev–Trinajstić information content (AvgIpc) is 3.66. The summed E-state index contributed by atoms with van der Waals surface area (Å²) in [6.07, 6.45) is 2.16. The van der Waals surface area contributed by atoms with E-state index in [9.17, 15) is 14.6 Å². The van der Waals surface area contributed by atoms with Gasteiger partial charge in [-0.2, -0.15) is 0 Å². The first-order valence-electron chi connectivity index (χ1n) is 11.2. The summed E-state index contributed by atoms with van der Waals surface area (Å²) in [4.78, 5) is 8.00. The molecule has 0 saturated heterocycles. The van der Waals surface area contributed by atoms with Gasteiger partial charge in [0, 0.05) is 37.1 Å². The maximum Gasteiger partial charge on any atom is 0.156 e. The van der Waals surface area contributed by atoms with Crippen LogP contribution >= 0.6 is 9.24 Å². The second kappa shape index (κ2) is 16.4. The summed E-state index contributed by atoms with van der Waals surface area (Å²) >= 11 is 0. The second-order valence-corrected chi connectivity index (χ2v) is 8.30. The van der Waals surface area contributed by atoms with Crippen molar-refractivity contribution in [3.05, 3.63) is 41.5 Å². The number of methoxy groups -OCH3 is 1. The average molecular weight is 517 g/mol. The number of hydrogen-bond donors (Lipinski definition) is 5. The number of aliphatic hydroxyl groups excluding tert-OH is 3. The molecule has 1 atom stereocenters. The number of rotatable bonds is 9.